The molecule has 0 spiro atoms. The fraction of sp³-hybridized carbons (Fsp3) is 0.467. The highest BCUT2D eigenvalue weighted by Crippen LogP contribution is 2.36. The summed E-state index contributed by atoms with van der Waals surface area (Å²) in [5.41, 5.74) is 2.87. The summed E-state index contributed by atoms with van der Waals surface area (Å²) in [5.74, 6) is -2.03. The summed E-state index contributed by atoms with van der Waals surface area (Å²) in [6, 6.07) is 12.5. The second kappa shape index (κ2) is 19.5. The zero-order valence-electron chi connectivity index (χ0n) is 36.7. The van der Waals surface area contributed by atoms with Gasteiger partial charge in [-0.05, 0) is 74.6 Å². The summed E-state index contributed by atoms with van der Waals surface area (Å²) in [6.07, 6.45) is 9.30. The minimum absolute atomic E-state index is 0.0564. The Kier molecular flexibility index (Phi) is 13.6. The third-order valence-corrected chi connectivity index (χ3v) is 14.5. The topological polar surface area (TPSA) is 228 Å². The molecule has 2 aromatic heterocycles. The number of amides is 6. The van der Waals surface area contributed by atoms with Gasteiger partial charge in [0.15, 0.2) is 0 Å². The third-order valence-electron chi connectivity index (χ3n) is 12.5. The first-order chi connectivity index (χ1) is 31.3. The first kappa shape index (κ1) is 45.3. The Morgan fingerprint density at radius 3 is 2.31 bits per heavy atom. The van der Waals surface area contributed by atoms with E-state index in [1.165, 1.54) is 4.31 Å². The number of hydrogen-bond donors (Lipinski definition) is 4. The van der Waals surface area contributed by atoms with Crippen molar-refractivity contribution in [2.24, 2.45) is 0 Å². The highest BCUT2D eigenvalue weighted by molar-refractivity contribution is 7.89. The van der Waals surface area contributed by atoms with Gasteiger partial charge in [0.1, 0.15) is 17.4 Å². The van der Waals surface area contributed by atoms with Crippen LogP contribution in [0.3, 0.4) is 0 Å². The van der Waals surface area contributed by atoms with Gasteiger partial charge >= 0.3 is 0 Å². The first-order valence-electron chi connectivity index (χ1n) is 22.3. The Morgan fingerprint density at radius 1 is 0.877 bits per heavy atom. The monoisotopic (exact) mass is 909 g/mol. The van der Waals surface area contributed by atoms with E-state index in [1.54, 1.807) is 67.7 Å². The fourth-order valence-electron chi connectivity index (χ4n) is 9.09. The minimum Gasteiger partial charge on any atom is -0.384 e. The van der Waals surface area contributed by atoms with Crippen LogP contribution in [0.25, 0.3) is 11.0 Å². The third kappa shape index (κ3) is 9.74. The number of piperazine rings is 1. The van der Waals surface area contributed by atoms with Crippen molar-refractivity contribution < 1.29 is 37.2 Å². The van der Waals surface area contributed by atoms with Crippen molar-refractivity contribution in [1.82, 2.24) is 44.2 Å². The summed E-state index contributed by atoms with van der Waals surface area (Å²) in [4.78, 5) is 90.1. The molecule has 2 saturated heterocycles. The van der Waals surface area contributed by atoms with Crippen LogP contribution in [0.4, 0.5) is 17.3 Å². The molecule has 5 heterocycles. The molecule has 0 bridgehead atoms. The Bertz CT molecular complexity index is 2600. The van der Waals surface area contributed by atoms with E-state index in [9.17, 15) is 37.2 Å². The first-order valence-corrected chi connectivity index (χ1v) is 23.8. The van der Waals surface area contributed by atoms with Crippen LogP contribution in [0.2, 0.25) is 0 Å². The maximum absolute atomic E-state index is 13.6. The molecule has 344 valence electrons. The number of rotatable bonds is 17. The van der Waals surface area contributed by atoms with E-state index in [-0.39, 0.29) is 66.4 Å². The number of hydrogen-bond acceptors (Lipinski definition) is 13. The molecule has 4 aromatic rings. The Balaban J connectivity index is 0.738. The zero-order chi connectivity index (χ0) is 45.8. The molecule has 19 nitrogen and oxygen atoms in total. The number of unbranched alkanes of at least 4 members (excludes halogenated alkanes) is 3. The molecule has 1 unspecified atom stereocenters. The molecule has 4 aliphatic rings. The highest BCUT2D eigenvalue weighted by Gasteiger charge is 2.45. The number of anilines is 3. The average molecular weight is 910 g/mol. The van der Waals surface area contributed by atoms with Gasteiger partial charge in [-0.25, -0.2) is 13.4 Å². The molecule has 1 aliphatic carbocycles. The lowest BCUT2D eigenvalue weighted by atomic mass is 10.0. The number of aromatic nitrogens is 3. The fourth-order valence-corrected chi connectivity index (χ4v) is 10.5. The largest absolute Gasteiger partial charge is 0.384 e. The number of carbonyl (C=O) groups excluding carboxylic acids is 6. The standard InChI is InChI=1S/C45H55N11O8S/c1-52(2)43(61)36-26-29-27-48-45(51-40(29)55(36)31-10-5-6-11-31)49-30-14-16-32(17-15-30)65(63,64)54-24-22-53(23-25-54)28-38(58)47-21-8-4-3-7-20-46-34-13-9-12-33-39(34)44(62)56(42(33)60)35-18-19-37(57)50-41(35)59/h9,12-17,26-27,31,35,46H,3-8,10-11,18-25,28H2,1-2H3,(H,47,58)(H,48,49,51)(H,50,57,59). The molecule has 6 amide bonds. The average Bonchev–Trinajstić information content (AvgIpc) is 4.02. The van der Waals surface area contributed by atoms with Crippen molar-refractivity contribution in [1.29, 1.82) is 0 Å². The predicted molar refractivity (Wildman–Crippen MR) is 241 cm³/mol. The molecule has 1 saturated carbocycles. The van der Waals surface area contributed by atoms with Crippen molar-refractivity contribution in [3.63, 3.8) is 0 Å². The molecule has 8 rings (SSSR count). The van der Waals surface area contributed by atoms with Crippen molar-refractivity contribution in [3.8, 4) is 0 Å². The lowest BCUT2D eigenvalue weighted by Crippen LogP contribution is -2.54. The number of fused-ring (bicyclic) bond motifs is 2. The summed E-state index contributed by atoms with van der Waals surface area (Å²) < 4.78 is 30.7. The van der Waals surface area contributed by atoms with Crippen LogP contribution in [0.15, 0.2) is 59.6 Å². The molecular weight excluding hydrogens is 855 g/mol. The lowest BCUT2D eigenvalue weighted by Gasteiger charge is -2.33. The highest BCUT2D eigenvalue weighted by atomic mass is 32.2. The molecule has 0 radical (unpaired) electrons. The quantitative estimate of drug-likeness (QED) is 0.0880. The van der Waals surface area contributed by atoms with Crippen molar-refractivity contribution in [3.05, 3.63) is 71.5 Å². The second-order valence-corrected chi connectivity index (χ2v) is 19.1. The molecule has 4 N–H and O–H groups in total. The van der Waals surface area contributed by atoms with E-state index in [1.807, 2.05) is 15.5 Å². The maximum Gasteiger partial charge on any atom is 0.270 e. The summed E-state index contributed by atoms with van der Waals surface area (Å²) in [5, 5.41) is 12.4. The van der Waals surface area contributed by atoms with Gasteiger partial charge in [0.05, 0.1) is 22.6 Å². The van der Waals surface area contributed by atoms with E-state index >= 15 is 0 Å². The number of carbonyl (C=O) groups is 6. The van der Waals surface area contributed by atoms with E-state index in [0.29, 0.717) is 54.8 Å². The normalized spacial score (nSPS) is 18.6. The van der Waals surface area contributed by atoms with Gasteiger partial charge in [-0.15, -0.1) is 0 Å². The molecule has 20 heteroatoms. The van der Waals surface area contributed by atoms with Gasteiger partial charge in [-0.3, -0.25) is 43.9 Å². The molecule has 3 fully saturated rings. The van der Waals surface area contributed by atoms with Crippen LogP contribution in [-0.2, 0) is 24.4 Å². The molecule has 1 atom stereocenters. The number of nitrogens with one attached hydrogen (secondary N) is 4. The summed E-state index contributed by atoms with van der Waals surface area (Å²) >= 11 is 0. The predicted octanol–water partition coefficient (Wildman–Crippen LogP) is 3.49. The Morgan fingerprint density at radius 2 is 1.60 bits per heavy atom. The number of nitrogens with zero attached hydrogens (tertiary/aromatic N) is 7. The number of sulfonamides is 1. The van der Waals surface area contributed by atoms with Crippen LogP contribution in [0, 0.1) is 0 Å². The van der Waals surface area contributed by atoms with Gasteiger partial charge in [0, 0.05) is 88.8 Å². The SMILES string of the molecule is CN(C)C(=O)c1cc2cnc(Nc3ccc(S(=O)(=O)N4CCN(CC(=O)NCCCCCCNc5cccc6c5C(=O)N(C5CCC(=O)NC5=O)C6=O)CC4)cc3)nc2n1C1CCCC1. The number of piperidine rings is 1. The molecule has 3 aliphatic heterocycles. The molecule has 2 aromatic carbocycles. The van der Waals surface area contributed by atoms with E-state index in [4.69, 9.17) is 4.98 Å². The van der Waals surface area contributed by atoms with Gasteiger partial charge in [-0.1, -0.05) is 31.7 Å². The Labute approximate surface area is 377 Å². The summed E-state index contributed by atoms with van der Waals surface area (Å²) in [7, 11) is -0.299. The van der Waals surface area contributed by atoms with Crippen LogP contribution in [0.1, 0.15) is 101 Å². The van der Waals surface area contributed by atoms with Gasteiger partial charge < -0.3 is 25.4 Å². The smallest absolute Gasteiger partial charge is 0.270 e. The maximum atomic E-state index is 13.6. The van der Waals surface area contributed by atoms with Crippen molar-refractivity contribution >= 4 is 73.8 Å². The minimum atomic E-state index is -3.77. The Hall–Kier alpha value is -6.25. The van der Waals surface area contributed by atoms with E-state index < -0.39 is 39.7 Å². The molecular formula is C45H55N11O8S. The zero-order valence-corrected chi connectivity index (χ0v) is 37.5. The van der Waals surface area contributed by atoms with Gasteiger partial charge in [-0.2, -0.15) is 9.29 Å². The van der Waals surface area contributed by atoms with Crippen molar-refractivity contribution in [2.75, 3.05) is 70.5 Å². The van der Waals surface area contributed by atoms with Gasteiger partial charge in [0.2, 0.25) is 33.7 Å². The van der Waals surface area contributed by atoms with Crippen LogP contribution >= 0.6 is 0 Å². The van der Waals surface area contributed by atoms with Gasteiger partial charge in [0.25, 0.3) is 17.7 Å². The van der Waals surface area contributed by atoms with Crippen LogP contribution in [0.5, 0.6) is 0 Å². The van der Waals surface area contributed by atoms with E-state index in [2.05, 4.69) is 26.3 Å². The van der Waals surface area contributed by atoms with Crippen LogP contribution in [-0.4, -0.2) is 143 Å². The summed E-state index contributed by atoms with van der Waals surface area (Å²) in [6.45, 7) is 2.59. The number of benzene rings is 2. The van der Waals surface area contributed by atoms with Crippen LogP contribution < -0.4 is 21.3 Å². The molecule has 65 heavy (non-hydrogen) atoms. The second-order valence-electron chi connectivity index (χ2n) is 17.2. The lowest BCUT2D eigenvalue weighted by molar-refractivity contribution is -0.136. The number of imide groups is 2. The van der Waals surface area contributed by atoms with Crippen molar-refractivity contribution in [2.45, 2.75) is 81.2 Å². The van der Waals surface area contributed by atoms with E-state index in [0.717, 1.165) is 61.7 Å².